The van der Waals surface area contributed by atoms with Crippen LogP contribution in [0.3, 0.4) is 0 Å². The van der Waals surface area contributed by atoms with Crippen molar-refractivity contribution >= 4 is 27.3 Å². The molecule has 0 heterocycles. The predicted octanol–water partition coefficient (Wildman–Crippen LogP) is 6.07. The van der Waals surface area contributed by atoms with Crippen LogP contribution in [0.1, 0.15) is 37.3 Å². The third-order valence-corrected chi connectivity index (χ3v) is 6.00. The number of benzene rings is 2. The second-order valence-corrected chi connectivity index (χ2v) is 7.98. The second kappa shape index (κ2) is 6.92. The van der Waals surface area contributed by atoms with Gasteiger partial charge in [0, 0.05) is 16.3 Å². The molecule has 2 aliphatic rings. The molecule has 0 aromatic heterocycles. The summed E-state index contributed by atoms with van der Waals surface area (Å²) in [5.41, 5.74) is 2.40. The fourth-order valence-electron chi connectivity index (χ4n) is 4.07. The number of hydrogen-bond donors (Lipinski definition) is 1. The van der Waals surface area contributed by atoms with E-state index in [2.05, 4.69) is 22.9 Å². The van der Waals surface area contributed by atoms with E-state index in [-0.39, 0.29) is 23.4 Å². The summed E-state index contributed by atoms with van der Waals surface area (Å²) in [6.07, 6.45) is 3.38. The van der Waals surface area contributed by atoms with Crippen LogP contribution in [0.15, 0.2) is 52.7 Å². The second-order valence-electron chi connectivity index (χ2n) is 7.06. The molecule has 2 aromatic carbocycles. The summed E-state index contributed by atoms with van der Waals surface area (Å²) in [5.74, 6) is 1.97. The van der Waals surface area contributed by atoms with Gasteiger partial charge in [0.25, 0.3) is 0 Å². The topological polar surface area (TPSA) is 46.5 Å². The Morgan fingerprint density at radius 1 is 1.08 bits per heavy atom. The SMILES string of the molecule is CCc1ccc(Oc2ccc(Br)cc2)cc1C1=C(O)[C@H]2CC[C@H](C2)C1=O. The fraction of sp³-hybridized carbons (Fsp3) is 0.318. The van der Waals surface area contributed by atoms with Gasteiger partial charge in [-0.1, -0.05) is 28.9 Å². The predicted molar refractivity (Wildman–Crippen MR) is 105 cm³/mol. The average molecular weight is 413 g/mol. The van der Waals surface area contributed by atoms with Crippen molar-refractivity contribution in [3.8, 4) is 11.5 Å². The van der Waals surface area contributed by atoms with Crippen LogP contribution in [0.4, 0.5) is 0 Å². The highest BCUT2D eigenvalue weighted by Gasteiger charge is 2.41. The molecule has 2 aromatic rings. The van der Waals surface area contributed by atoms with Crippen molar-refractivity contribution in [1.29, 1.82) is 0 Å². The smallest absolute Gasteiger partial charge is 0.169 e. The highest BCUT2D eigenvalue weighted by atomic mass is 79.9. The lowest BCUT2D eigenvalue weighted by molar-refractivity contribution is -0.117. The first-order valence-corrected chi connectivity index (χ1v) is 9.90. The molecule has 0 unspecified atom stereocenters. The van der Waals surface area contributed by atoms with Gasteiger partial charge in [-0.25, -0.2) is 0 Å². The Morgan fingerprint density at radius 2 is 1.77 bits per heavy atom. The summed E-state index contributed by atoms with van der Waals surface area (Å²) in [6, 6.07) is 13.4. The van der Waals surface area contributed by atoms with Crippen LogP contribution in [-0.4, -0.2) is 10.9 Å². The molecule has 2 atom stereocenters. The summed E-state index contributed by atoms with van der Waals surface area (Å²) in [7, 11) is 0. The largest absolute Gasteiger partial charge is 0.511 e. The van der Waals surface area contributed by atoms with Gasteiger partial charge in [-0.05, 0) is 73.2 Å². The Hall–Kier alpha value is -2.07. The standard InChI is InChI=1S/C22H21BrO3/c1-2-13-5-8-18(26-17-9-6-16(23)7-10-17)12-19(13)20-21(24)14-3-4-15(11-14)22(20)25/h5-10,12,14-15,24H,2-4,11H2,1H3/t14-,15+/m0/s1. The molecule has 0 saturated heterocycles. The molecule has 0 amide bonds. The molecular weight excluding hydrogens is 392 g/mol. The molecular formula is C22H21BrO3. The monoisotopic (exact) mass is 412 g/mol. The first kappa shape index (κ1) is 17.3. The molecule has 4 rings (SSSR count). The van der Waals surface area contributed by atoms with Gasteiger partial charge in [-0.15, -0.1) is 0 Å². The van der Waals surface area contributed by atoms with Gasteiger partial charge >= 0.3 is 0 Å². The van der Waals surface area contributed by atoms with Crippen molar-refractivity contribution in [2.75, 3.05) is 0 Å². The zero-order chi connectivity index (χ0) is 18.3. The molecule has 4 heteroatoms. The number of carbonyl (C=O) groups is 1. The molecule has 0 radical (unpaired) electrons. The number of Topliss-reactive ketones (excluding diaryl/α,β-unsaturated/α-hetero) is 1. The number of ether oxygens (including phenoxy) is 1. The van der Waals surface area contributed by atoms with E-state index < -0.39 is 0 Å². The first-order valence-electron chi connectivity index (χ1n) is 9.11. The lowest BCUT2D eigenvalue weighted by Gasteiger charge is -2.23. The minimum Gasteiger partial charge on any atom is -0.511 e. The molecule has 2 aliphatic carbocycles. The normalized spacial score (nSPS) is 22.0. The average Bonchev–Trinajstić information content (AvgIpc) is 3.10. The molecule has 0 aliphatic heterocycles. The number of aliphatic hydroxyl groups excluding tert-OH is 1. The fourth-order valence-corrected chi connectivity index (χ4v) is 4.34. The van der Waals surface area contributed by atoms with Gasteiger partial charge in [-0.3, -0.25) is 4.79 Å². The van der Waals surface area contributed by atoms with Crippen molar-refractivity contribution < 1.29 is 14.6 Å². The number of ketones is 1. The van der Waals surface area contributed by atoms with Crippen LogP contribution >= 0.6 is 15.9 Å². The molecule has 26 heavy (non-hydrogen) atoms. The Kier molecular flexibility index (Phi) is 4.62. The molecule has 134 valence electrons. The van der Waals surface area contributed by atoms with Crippen molar-refractivity contribution in [2.45, 2.75) is 32.6 Å². The molecule has 1 N–H and O–H groups in total. The van der Waals surface area contributed by atoms with Gasteiger partial charge in [0.1, 0.15) is 17.3 Å². The third kappa shape index (κ3) is 3.07. The van der Waals surface area contributed by atoms with Gasteiger partial charge in [0.2, 0.25) is 0 Å². The summed E-state index contributed by atoms with van der Waals surface area (Å²) >= 11 is 3.42. The molecule has 0 spiro atoms. The van der Waals surface area contributed by atoms with E-state index in [1.54, 1.807) is 0 Å². The van der Waals surface area contributed by atoms with Gasteiger partial charge < -0.3 is 9.84 Å². The van der Waals surface area contributed by atoms with Gasteiger partial charge in [0.05, 0.1) is 5.57 Å². The van der Waals surface area contributed by atoms with E-state index >= 15 is 0 Å². The maximum Gasteiger partial charge on any atom is 0.169 e. The summed E-state index contributed by atoms with van der Waals surface area (Å²) < 4.78 is 6.96. The van der Waals surface area contributed by atoms with Crippen LogP contribution < -0.4 is 4.74 Å². The number of hydrogen-bond acceptors (Lipinski definition) is 3. The lowest BCUT2D eigenvalue weighted by Crippen LogP contribution is -2.21. The van der Waals surface area contributed by atoms with E-state index in [1.165, 1.54) is 0 Å². The number of halogens is 1. The van der Waals surface area contributed by atoms with E-state index in [0.29, 0.717) is 11.3 Å². The number of allylic oxidation sites excluding steroid dienone is 2. The molecule has 3 nitrogen and oxygen atoms in total. The van der Waals surface area contributed by atoms with Crippen LogP contribution in [0.25, 0.3) is 5.57 Å². The summed E-state index contributed by atoms with van der Waals surface area (Å²) in [4.78, 5) is 12.9. The number of rotatable bonds is 4. The Morgan fingerprint density at radius 3 is 2.50 bits per heavy atom. The van der Waals surface area contributed by atoms with Crippen LogP contribution in [0, 0.1) is 11.8 Å². The van der Waals surface area contributed by atoms with Crippen LogP contribution in [-0.2, 0) is 11.2 Å². The minimum atomic E-state index is 0.0617. The maximum atomic E-state index is 12.9. The van der Waals surface area contributed by atoms with E-state index in [1.807, 2.05) is 42.5 Å². The Bertz CT molecular complexity index is 883. The Labute approximate surface area is 161 Å². The van der Waals surface area contributed by atoms with Crippen molar-refractivity contribution in [3.05, 3.63) is 63.8 Å². The minimum absolute atomic E-state index is 0.0617. The number of aliphatic hydroxyl groups is 1. The number of fused-ring (bicyclic) bond motifs is 2. The summed E-state index contributed by atoms with van der Waals surface area (Å²) in [6.45, 7) is 2.06. The molecule has 2 bridgehead atoms. The van der Waals surface area contributed by atoms with E-state index in [4.69, 9.17) is 4.74 Å². The Balaban J connectivity index is 1.74. The zero-order valence-electron chi connectivity index (χ0n) is 14.7. The molecule has 1 fully saturated rings. The van der Waals surface area contributed by atoms with Gasteiger partial charge in [-0.2, -0.15) is 0 Å². The maximum absolute atomic E-state index is 12.9. The molecule has 1 saturated carbocycles. The number of aryl methyl sites for hydroxylation is 1. The van der Waals surface area contributed by atoms with E-state index in [0.717, 1.165) is 47.0 Å². The van der Waals surface area contributed by atoms with Crippen molar-refractivity contribution in [2.24, 2.45) is 11.8 Å². The highest BCUT2D eigenvalue weighted by molar-refractivity contribution is 9.10. The van der Waals surface area contributed by atoms with Crippen LogP contribution in [0.2, 0.25) is 0 Å². The third-order valence-electron chi connectivity index (χ3n) is 5.47. The summed E-state index contributed by atoms with van der Waals surface area (Å²) in [5, 5.41) is 10.7. The highest BCUT2D eigenvalue weighted by Crippen LogP contribution is 2.46. The number of carbonyl (C=O) groups excluding carboxylic acids is 1. The zero-order valence-corrected chi connectivity index (χ0v) is 16.3. The van der Waals surface area contributed by atoms with Crippen molar-refractivity contribution in [1.82, 2.24) is 0 Å². The van der Waals surface area contributed by atoms with Crippen LogP contribution in [0.5, 0.6) is 11.5 Å². The van der Waals surface area contributed by atoms with E-state index in [9.17, 15) is 9.90 Å². The van der Waals surface area contributed by atoms with Crippen molar-refractivity contribution in [3.63, 3.8) is 0 Å². The first-order chi connectivity index (χ1) is 12.6. The lowest BCUT2D eigenvalue weighted by atomic mass is 9.81. The van der Waals surface area contributed by atoms with Gasteiger partial charge in [0.15, 0.2) is 5.78 Å². The quantitative estimate of drug-likeness (QED) is 0.662.